The lowest BCUT2D eigenvalue weighted by Crippen LogP contribution is -2.34. The zero-order chi connectivity index (χ0) is 28.3. The van der Waals surface area contributed by atoms with Gasteiger partial charge in [-0.2, -0.15) is 4.31 Å². The average molecular weight is 570 g/mol. The normalized spacial score (nSPS) is 12.3. The summed E-state index contributed by atoms with van der Waals surface area (Å²) in [6.07, 6.45) is 13.2. The molecule has 1 heterocycles. The van der Waals surface area contributed by atoms with Gasteiger partial charge >= 0.3 is 0 Å². The van der Waals surface area contributed by atoms with Crippen LogP contribution in [0.5, 0.6) is 0 Å². The smallest absolute Gasteiger partial charge is 0.245 e. The number of sulfonamides is 1. The van der Waals surface area contributed by atoms with Gasteiger partial charge in [0.1, 0.15) is 4.90 Å². The Morgan fingerprint density at radius 2 is 1.28 bits per heavy atom. The maximum absolute atomic E-state index is 13.9. The summed E-state index contributed by atoms with van der Waals surface area (Å²) < 4.78 is 34.4. The highest BCUT2D eigenvalue weighted by atomic mass is 32.2. The molecule has 0 radical (unpaired) electrons. The molecule has 224 valence electrons. The minimum absolute atomic E-state index is 0.0119. The monoisotopic (exact) mass is 569 g/mol. The van der Waals surface area contributed by atoms with Crippen molar-refractivity contribution in [1.29, 1.82) is 0 Å². The van der Waals surface area contributed by atoms with E-state index in [0.717, 1.165) is 38.5 Å². The molecular weight excluding hydrogens is 518 g/mol. The second-order valence-electron chi connectivity index (χ2n) is 10.2. The Balaban J connectivity index is 2.13. The number of aromatic nitrogens is 2. The van der Waals surface area contributed by atoms with Gasteiger partial charge in [0.25, 0.3) is 0 Å². The zero-order valence-electron chi connectivity index (χ0n) is 24.1. The second kappa shape index (κ2) is 19.3. The fourth-order valence-electron chi connectivity index (χ4n) is 4.79. The molecule has 0 saturated heterocycles. The molecule has 0 aliphatic heterocycles. The number of benzene rings is 1. The molecule has 3 N–H and O–H groups in total. The fourth-order valence-corrected chi connectivity index (χ4v) is 6.43. The van der Waals surface area contributed by atoms with Gasteiger partial charge in [-0.1, -0.05) is 78.1 Å². The van der Waals surface area contributed by atoms with Gasteiger partial charge in [-0.25, -0.2) is 13.0 Å². The van der Waals surface area contributed by atoms with Crippen molar-refractivity contribution in [2.75, 3.05) is 57.8 Å². The number of anilines is 1. The minimum Gasteiger partial charge on any atom is -0.395 e. The van der Waals surface area contributed by atoms with E-state index in [4.69, 9.17) is 4.63 Å². The van der Waals surface area contributed by atoms with E-state index < -0.39 is 10.0 Å². The largest absolute Gasteiger partial charge is 0.395 e. The van der Waals surface area contributed by atoms with E-state index in [1.54, 1.807) is 16.4 Å². The van der Waals surface area contributed by atoms with Crippen LogP contribution in [0.1, 0.15) is 90.9 Å². The van der Waals surface area contributed by atoms with Crippen molar-refractivity contribution in [3.63, 3.8) is 0 Å². The van der Waals surface area contributed by atoms with Gasteiger partial charge in [0.05, 0.1) is 18.9 Å². The highest BCUT2D eigenvalue weighted by molar-refractivity contribution is 7.89. The Bertz CT molecular complexity index is 995. The molecule has 10 nitrogen and oxygen atoms in total. The number of aliphatic hydroxyl groups excluding tert-OH is 2. The summed E-state index contributed by atoms with van der Waals surface area (Å²) in [7, 11) is -3.78. The van der Waals surface area contributed by atoms with Gasteiger partial charge in [0.2, 0.25) is 10.0 Å². The lowest BCUT2D eigenvalue weighted by atomic mass is 10.1. The van der Waals surface area contributed by atoms with Crippen LogP contribution in [0.15, 0.2) is 21.7 Å². The SMILES string of the molecule is CCCCCCCCN(CCCCCCCC)S(=O)(=O)c1ccc(NCCN(CCO)CCO)c2nonc12. The molecule has 0 fully saturated rings. The summed E-state index contributed by atoms with van der Waals surface area (Å²) in [5, 5.41) is 29.7. The number of hydrogen-bond acceptors (Lipinski definition) is 9. The number of fused-ring (bicyclic) bond motifs is 1. The molecule has 2 rings (SSSR count). The van der Waals surface area contributed by atoms with Gasteiger partial charge in [-0.3, -0.25) is 4.90 Å². The highest BCUT2D eigenvalue weighted by Gasteiger charge is 2.28. The molecule has 1 aromatic carbocycles. The molecule has 0 amide bonds. The van der Waals surface area contributed by atoms with E-state index in [0.29, 0.717) is 50.5 Å². The first kappa shape index (κ1) is 33.4. The molecule has 11 heteroatoms. The van der Waals surface area contributed by atoms with Gasteiger partial charge in [-0.05, 0) is 35.3 Å². The predicted molar refractivity (Wildman–Crippen MR) is 156 cm³/mol. The van der Waals surface area contributed by atoms with Crippen LogP contribution in [0.2, 0.25) is 0 Å². The van der Waals surface area contributed by atoms with Crippen LogP contribution in [-0.4, -0.2) is 90.6 Å². The maximum Gasteiger partial charge on any atom is 0.245 e. The number of hydrogen-bond donors (Lipinski definition) is 3. The summed E-state index contributed by atoms with van der Waals surface area (Å²) >= 11 is 0. The van der Waals surface area contributed by atoms with E-state index in [2.05, 4.69) is 29.5 Å². The molecule has 0 atom stereocenters. The van der Waals surface area contributed by atoms with E-state index in [-0.39, 0.29) is 23.6 Å². The van der Waals surface area contributed by atoms with Crippen LogP contribution >= 0.6 is 0 Å². The summed E-state index contributed by atoms with van der Waals surface area (Å²) in [6, 6.07) is 3.31. The molecule has 0 aliphatic rings. The molecule has 2 aromatic rings. The molecule has 0 bridgehead atoms. The van der Waals surface area contributed by atoms with Crippen LogP contribution in [0.3, 0.4) is 0 Å². The fraction of sp³-hybridized carbons (Fsp3) is 0.786. The molecule has 0 spiro atoms. The van der Waals surface area contributed by atoms with Gasteiger partial charge < -0.3 is 15.5 Å². The van der Waals surface area contributed by atoms with Gasteiger partial charge in [-0.15, -0.1) is 0 Å². The first-order valence-electron chi connectivity index (χ1n) is 14.9. The summed E-state index contributed by atoms with van der Waals surface area (Å²) in [5.74, 6) is 0. The quantitative estimate of drug-likeness (QED) is 0.155. The third kappa shape index (κ3) is 11.3. The molecule has 0 saturated carbocycles. The Kier molecular flexibility index (Phi) is 16.5. The van der Waals surface area contributed by atoms with E-state index >= 15 is 0 Å². The summed E-state index contributed by atoms with van der Waals surface area (Å²) in [6.45, 7) is 7.46. The molecular formula is C28H51N5O5S. The number of aliphatic hydroxyl groups is 2. The summed E-state index contributed by atoms with van der Waals surface area (Å²) in [4.78, 5) is 2.07. The van der Waals surface area contributed by atoms with E-state index in [1.807, 2.05) is 4.90 Å². The number of rotatable bonds is 24. The van der Waals surface area contributed by atoms with Crippen molar-refractivity contribution < 1.29 is 23.3 Å². The third-order valence-corrected chi connectivity index (χ3v) is 9.02. The second-order valence-corrected chi connectivity index (χ2v) is 12.1. The Hall–Kier alpha value is -1.79. The van der Waals surface area contributed by atoms with Crippen molar-refractivity contribution >= 4 is 26.7 Å². The van der Waals surface area contributed by atoms with Gasteiger partial charge in [0.15, 0.2) is 11.0 Å². The number of nitrogens with zero attached hydrogens (tertiary/aromatic N) is 4. The van der Waals surface area contributed by atoms with E-state index in [9.17, 15) is 18.6 Å². The first-order valence-corrected chi connectivity index (χ1v) is 16.4. The first-order chi connectivity index (χ1) is 19.0. The minimum atomic E-state index is -3.78. The zero-order valence-corrected chi connectivity index (χ0v) is 24.9. The average Bonchev–Trinajstić information content (AvgIpc) is 3.41. The Morgan fingerprint density at radius 1 is 0.744 bits per heavy atom. The Labute approximate surface area is 235 Å². The predicted octanol–water partition coefficient (Wildman–Crippen LogP) is 4.63. The third-order valence-electron chi connectivity index (χ3n) is 7.09. The Morgan fingerprint density at radius 3 is 1.85 bits per heavy atom. The van der Waals surface area contributed by atoms with Crippen LogP contribution in [0, 0.1) is 0 Å². The van der Waals surface area contributed by atoms with Crippen molar-refractivity contribution in [1.82, 2.24) is 19.5 Å². The molecule has 0 unspecified atom stereocenters. The highest BCUT2D eigenvalue weighted by Crippen LogP contribution is 2.29. The number of nitrogens with one attached hydrogen (secondary N) is 1. The lowest BCUT2D eigenvalue weighted by Gasteiger charge is -2.23. The van der Waals surface area contributed by atoms with Crippen molar-refractivity contribution in [3.8, 4) is 0 Å². The van der Waals surface area contributed by atoms with Crippen molar-refractivity contribution in [3.05, 3.63) is 12.1 Å². The molecule has 39 heavy (non-hydrogen) atoms. The van der Waals surface area contributed by atoms with Crippen LogP contribution < -0.4 is 5.32 Å². The molecule has 0 aliphatic carbocycles. The van der Waals surface area contributed by atoms with Crippen molar-refractivity contribution in [2.24, 2.45) is 0 Å². The topological polar surface area (TPSA) is 132 Å². The van der Waals surface area contributed by atoms with Crippen LogP contribution in [0.25, 0.3) is 11.0 Å². The van der Waals surface area contributed by atoms with E-state index in [1.165, 1.54) is 38.5 Å². The standard InChI is InChI=1S/C28H51N5O5S/c1-3-5-7-9-11-13-18-33(19-14-12-10-8-6-4-2)39(36,37)26-16-15-25(27-28(26)31-38-30-27)29-17-20-32(21-23-34)22-24-35/h15-16,29,34-35H,3-14,17-24H2,1-2H3. The summed E-state index contributed by atoms with van der Waals surface area (Å²) in [5.41, 5.74) is 1.25. The lowest BCUT2D eigenvalue weighted by molar-refractivity contribution is 0.165. The molecule has 1 aromatic heterocycles. The van der Waals surface area contributed by atoms with Crippen LogP contribution in [-0.2, 0) is 10.0 Å². The van der Waals surface area contributed by atoms with Crippen molar-refractivity contribution in [2.45, 2.75) is 95.8 Å². The van der Waals surface area contributed by atoms with Gasteiger partial charge in [0, 0.05) is 39.3 Å². The number of unbranched alkanes of at least 4 members (excludes halogenated alkanes) is 10. The van der Waals surface area contributed by atoms with Crippen LogP contribution in [0.4, 0.5) is 5.69 Å². The maximum atomic E-state index is 13.9.